The molecule has 5 nitrogen and oxygen atoms in total. The van der Waals surface area contributed by atoms with Gasteiger partial charge in [-0.2, -0.15) is 0 Å². The van der Waals surface area contributed by atoms with E-state index < -0.39 is 0 Å². The molecule has 0 radical (unpaired) electrons. The van der Waals surface area contributed by atoms with Gasteiger partial charge >= 0.3 is 0 Å². The monoisotopic (exact) mass is 312 g/mol. The summed E-state index contributed by atoms with van der Waals surface area (Å²) in [6.45, 7) is 0.514. The van der Waals surface area contributed by atoms with Crippen LogP contribution in [-0.4, -0.2) is 35.7 Å². The van der Waals surface area contributed by atoms with Gasteiger partial charge in [-0.05, 0) is 30.9 Å². The summed E-state index contributed by atoms with van der Waals surface area (Å²) < 4.78 is 0. The van der Waals surface area contributed by atoms with Crippen molar-refractivity contribution < 1.29 is 14.4 Å². The average molecular weight is 312 g/mol. The van der Waals surface area contributed by atoms with Gasteiger partial charge in [-0.1, -0.05) is 31.0 Å². The number of para-hydroxylation sites is 1. The van der Waals surface area contributed by atoms with E-state index in [2.05, 4.69) is 0 Å². The van der Waals surface area contributed by atoms with Crippen LogP contribution in [0.15, 0.2) is 24.3 Å². The maximum atomic E-state index is 12.6. The first-order valence-corrected chi connectivity index (χ1v) is 8.40. The van der Waals surface area contributed by atoms with E-state index in [1.54, 1.807) is 4.90 Å². The number of hydrogen-bond donors (Lipinski definition) is 0. The van der Waals surface area contributed by atoms with Gasteiger partial charge in [-0.25, -0.2) is 0 Å². The summed E-state index contributed by atoms with van der Waals surface area (Å²) in [6, 6.07) is 7.81. The number of imide groups is 1. The lowest BCUT2D eigenvalue weighted by molar-refractivity contribution is -0.143. The maximum absolute atomic E-state index is 12.6. The average Bonchev–Trinajstić information content (AvgIpc) is 3.11. The number of fused-ring (bicyclic) bond motifs is 2. The molecule has 3 aliphatic rings. The van der Waals surface area contributed by atoms with E-state index in [9.17, 15) is 14.4 Å². The zero-order valence-corrected chi connectivity index (χ0v) is 13.0. The second-order valence-corrected chi connectivity index (χ2v) is 6.68. The molecule has 0 spiro atoms. The van der Waals surface area contributed by atoms with Crippen LogP contribution in [-0.2, 0) is 20.8 Å². The van der Waals surface area contributed by atoms with Gasteiger partial charge in [-0.3, -0.25) is 19.3 Å². The molecule has 2 heterocycles. The summed E-state index contributed by atoms with van der Waals surface area (Å²) in [6.07, 6.45) is 4.40. The molecule has 0 N–H and O–H groups in total. The zero-order chi connectivity index (χ0) is 16.0. The zero-order valence-electron chi connectivity index (χ0n) is 13.0. The van der Waals surface area contributed by atoms with Gasteiger partial charge in [-0.15, -0.1) is 0 Å². The van der Waals surface area contributed by atoms with Crippen molar-refractivity contribution in [2.45, 2.75) is 32.1 Å². The Hall–Kier alpha value is -2.17. The van der Waals surface area contributed by atoms with Crippen LogP contribution in [0.1, 0.15) is 31.2 Å². The summed E-state index contributed by atoms with van der Waals surface area (Å²) in [4.78, 5) is 40.5. The fraction of sp³-hybridized carbons (Fsp3) is 0.500. The first-order chi connectivity index (χ1) is 11.2. The molecule has 0 unspecified atom stereocenters. The SMILES string of the molecule is O=C1[C@@H]2CCCC[C@H]2C(=O)N1CC(=O)N1CCc2ccccc21. The van der Waals surface area contributed by atoms with Crippen LogP contribution in [0.3, 0.4) is 0 Å². The summed E-state index contributed by atoms with van der Waals surface area (Å²) in [5.41, 5.74) is 2.06. The second-order valence-electron chi connectivity index (χ2n) is 6.68. The van der Waals surface area contributed by atoms with Gasteiger partial charge in [0, 0.05) is 12.2 Å². The highest BCUT2D eigenvalue weighted by Crippen LogP contribution is 2.38. The lowest BCUT2D eigenvalue weighted by Gasteiger charge is -2.21. The molecule has 1 saturated carbocycles. The number of benzene rings is 1. The molecular formula is C18H20N2O3. The Morgan fingerprint density at radius 3 is 2.39 bits per heavy atom. The van der Waals surface area contributed by atoms with Crippen molar-refractivity contribution in [2.24, 2.45) is 11.8 Å². The van der Waals surface area contributed by atoms with Crippen LogP contribution in [0.25, 0.3) is 0 Å². The first-order valence-electron chi connectivity index (χ1n) is 8.40. The predicted molar refractivity (Wildman–Crippen MR) is 84.7 cm³/mol. The number of hydrogen-bond acceptors (Lipinski definition) is 3. The van der Waals surface area contributed by atoms with Crippen molar-refractivity contribution >= 4 is 23.4 Å². The molecule has 4 rings (SSSR count). The molecule has 1 saturated heterocycles. The molecule has 0 aromatic heterocycles. The van der Waals surface area contributed by atoms with Crippen molar-refractivity contribution in [2.75, 3.05) is 18.0 Å². The topological polar surface area (TPSA) is 57.7 Å². The van der Waals surface area contributed by atoms with Crippen LogP contribution >= 0.6 is 0 Å². The highest BCUT2D eigenvalue weighted by molar-refractivity contribution is 6.09. The van der Waals surface area contributed by atoms with Crippen molar-refractivity contribution in [1.82, 2.24) is 4.90 Å². The van der Waals surface area contributed by atoms with Crippen LogP contribution in [0.2, 0.25) is 0 Å². The fourth-order valence-corrected chi connectivity index (χ4v) is 4.20. The Morgan fingerprint density at radius 1 is 1.04 bits per heavy atom. The van der Waals surface area contributed by atoms with Gasteiger partial charge < -0.3 is 4.90 Å². The molecule has 2 atom stereocenters. The lowest BCUT2D eigenvalue weighted by Crippen LogP contribution is -2.42. The Balaban J connectivity index is 1.51. The molecule has 2 aliphatic heterocycles. The van der Waals surface area contributed by atoms with Crippen LogP contribution in [0.5, 0.6) is 0 Å². The minimum absolute atomic E-state index is 0.112. The lowest BCUT2D eigenvalue weighted by atomic mass is 9.81. The van der Waals surface area contributed by atoms with Gasteiger partial charge in [0.05, 0.1) is 11.8 Å². The largest absolute Gasteiger partial charge is 0.310 e. The summed E-state index contributed by atoms with van der Waals surface area (Å²) in [5, 5.41) is 0. The van der Waals surface area contributed by atoms with Gasteiger partial charge in [0.1, 0.15) is 6.54 Å². The molecule has 2 fully saturated rings. The quantitative estimate of drug-likeness (QED) is 0.782. The molecular weight excluding hydrogens is 292 g/mol. The second kappa shape index (κ2) is 5.48. The number of carbonyl (C=O) groups is 3. The number of nitrogens with zero attached hydrogens (tertiary/aromatic N) is 2. The summed E-state index contributed by atoms with van der Waals surface area (Å²) >= 11 is 0. The smallest absolute Gasteiger partial charge is 0.247 e. The van der Waals surface area contributed by atoms with Gasteiger partial charge in [0.15, 0.2) is 0 Å². The van der Waals surface area contributed by atoms with E-state index in [0.717, 1.165) is 43.4 Å². The fourth-order valence-electron chi connectivity index (χ4n) is 4.20. The number of amides is 3. The van der Waals surface area contributed by atoms with Crippen molar-refractivity contribution in [1.29, 1.82) is 0 Å². The first kappa shape index (κ1) is 14.4. The minimum Gasteiger partial charge on any atom is -0.310 e. The molecule has 1 aromatic carbocycles. The van der Waals surface area contributed by atoms with Crippen molar-refractivity contribution in [3.05, 3.63) is 29.8 Å². The van der Waals surface area contributed by atoms with Crippen LogP contribution < -0.4 is 4.90 Å². The van der Waals surface area contributed by atoms with E-state index in [-0.39, 0.29) is 36.1 Å². The molecule has 23 heavy (non-hydrogen) atoms. The third-order valence-electron chi connectivity index (χ3n) is 5.41. The third-order valence-corrected chi connectivity index (χ3v) is 5.41. The molecule has 120 valence electrons. The van der Waals surface area contributed by atoms with Crippen molar-refractivity contribution in [3.8, 4) is 0 Å². The highest BCUT2D eigenvalue weighted by Gasteiger charge is 2.48. The van der Waals surface area contributed by atoms with Gasteiger partial charge in [0.2, 0.25) is 17.7 Å². The summed E-state index contributed by atoms with van der Waals surface area (Å²) in [7, 11) is 0. The molecule has 0 bridgehead atoms. The molecule has 1 aromatic rings. The van der Waals surface area contributed by atoms with Crippen LogP contribution in [0.4, 0.5) is 5.69 Å². The van der Waals surface area contributed by atoms with Crippen molar-refractivity contribution in [3.63, 3.8) is 0 Å². The Kier molecular flexibility index (Phi) is 3.43. The van der Waals surface area contributed by atoms with Crippen LogP contribution in [0, 0.1) is 11.8 Å². The normalized spacial score (nSPS) is 26.4. The van der Waals surface area contributed by atoms with Gasteiger partial charge in [0.25, 0.3) is 0 Å². The number of anilines is 1. The predicted octanol–water partition coefficient (Wildman–Crippen LogP) is 1.75. The van der Waals surface area contributed by atoms with E-state index in [1.165, 1.54) is 4.90 Å². The number of rotatable bonds is 2. The Morgan fingerprint density at radius 2 is 1.70 bits per heavy atom. The molecule has 5 heteroatoms. The Labute approximate surface area is 135 Å². The van der Waals surface area contributed by atoms with E-state index >= 15 is 0 Å². The summed E-state index contributed by atoms with van der Waals surface area (Å²) in [5.74, 6) is -0.804. The Bertz CT molecular complexity index is 661. The minimum atomic E-state index is -0.185. The van der Waals surface area contributed by atoms with E-state index in [4.69, 9.17) is 0 Å². The van der Waals surface area contributed by atoms with E-state index in [0.29, 0.717) is 6.54 Å². The maximum Gasteiger partial charge on any atom is 0.247 e. The standard InChI is InChI=1S/C18H20N2O3/c21-16(19-10-9-12-5-1-4-8-15(12)19)11-20-17(22)13-6-2-3-7-14(13)18(20)23/h1,4-5,8,13-14H,2-3,6-7,9-11H2/t13-,14-/m1/s1. The third kappa shape index (κ3) is 2.26. The number of likely N-dealkylation sites (tertiary alicyclic amines) is 1. The number of carbonyl (C=O) groups excluding carboxylic acids is 3. The highest BCUT2D eigenvalue weighted by atomic mass is 16.2. The van der Waals surface area contributed by atoms with E-state index in [1.807, 2.05) is 24.3 Å². The molecule has 3 amide bonds. The molecule has 1 aliphatic carbocycles.